The molecule has 0 bridgehead atoms. The maximum absolute atomic E-state index is 12.2. The van der Waals surface area contributed by atoms with Crippen LogP contribution in [-0.4, -0.2) is 56.9 Å². The molecule has 5 nitrogen and oxygen atoms in total. The van der Waals surface area contributed by atoms with E-state index in [2.05, 4.69) is 5.32 Å². The Morgan fingerprint density at radius 3 is 2.31 bits per heavy atom. The quantitative estimate of drug-likeness (QED) is 0.765. The van der Waals surface area contributed by atoms with Crippen LogP contribution in [0.4, 0.5) is 0 Å². The van der Waals surface area contributed by atoms with Gasteiger partial charge in [0.1, 0.15) is 0 Å². The molecule has 96 valence electrons. The highest BCUT2D eigenvalue weighted by Crippen LogP contribution is 2.17. The molecule has 1 heterocycles. The standard InChI is InChI=1S/C10H22N2O3S/c1-8-6-12(7-9(2)15-8)16(13,14)10(3)5-11-4/h8-11H,5-7H2,1-4H3/t8-,9+,10?. The summed E-state index contributed by atoms with van der Waals surface area (Å²) in [4.78, 5) is 0. The second-order valence-electron chi connectivity index (χ2n) is 4.49. The highest BCUT2D eigenvalue weighted by molar-refractivity contribution is 7.89. The van der Waals surface area contributed by atoms with E-state index in [0.717, 1.165) is 0 Å². The van der Waals surface area contributed by atoms with Gasteiger partial charge in [0.15, 0.2) is 0 Å². The lowest BCUT2D eigenvalue weighted by Crippen LogP contribution is -2.51. The molecule has 1 N–H and O–H groups in total. The molecule has 1 fully saturated rings. The van der Waals surface area contributed by atoms with Gasteiger partial charge in [0.25, 0.3) is 0 Å². The van der Waals surface area contributed by atoms with Crippen molar-refractivity contribution in [1.29, 1.82) is 0 Å². The van der Waals surface area contributed by atoms with Gasteiger partial charge in [-0.25, -0.2) is 8.42 Å². The lowest BCUT2D eigenvalue weighted by molar-refractivity contribution is -0.0442. The van der Waals surface area contributed by atoms with Gasteiger partial charge in [-0.05, 0) is 27.8 Å². The SMILES string of the molecule is CNCC(C)S(=O)(=O)N1C[C@@H](C)O[C@@H](C)C1. The Bertz CT molecular complexity index is 308. The van der Waals surface area contributed by atoms with E-state index >= 15 is 0 Å². The molecule has 0 aromatic carbocycles. The molecule has 16 heavy (non-hydrogen) atoms. The third-order valence-electron chi connectivity index (χ3n) is 2.75. The summed E-state index contributed by atoms with van der Waals surface area (Å²) in [6.07, 6.45) is -0.0550. The Hall–Kier alpha value is -0.170. The van der Waals surface area contributed by atoms with Crippen molar-refractivity contribution in [3.05, 3.63) is 0 Å². The number of hydrogen-bond acceptors (Lipinski definition) is 4. The number of sulfonamides is 1. The second kappa shape index (κ2) is 5.44. The van der Waals surface area contributed by atoms with Gasteiger partial charge in [0, 0.05) is 19.6 Å². The van der Waals surface area contributed by atoms with Crippen molar-refractivity contribution in [3.8, 4) is 0 Å². The summed E-state index contributed by atoms with van der Waals surface area (Å²) in [5.74, 6) is 0. The smallest absolute Gasteiger partial charge is 0.218 e. The largest absolute Gasteiger partial charge is 0.373 e. The van der Waals surface area contributed by atoms with Crippen LogP contribution in [0.25, 0.3) is 0 Å². The van der Waals surface area contributed by atoms with Crippen LogP contribution in [0.15, 0.2) is 0 Å². The summed E-state index contributed by atoms with van der Waals surface area (Å²) in [6.45, 7) is 6.93. The zero-order valence-electron chi connectivity index (χ0n) is 10.4. The van der Waals surface area contributed by atoms with Gasteiger partial charge >= 0.3 is 0 Å². The first kappa shape index (κ1) is 13.9. The molecule has 0 aliphatic carbocycles. The molecule has 0 spiro atoms. The molecule has 0 aromatic heterocycles. The van der Waals surface area contributed by atoms with Gasteiger partial charge < -0.3 is 10.1 Å². The summed E-state index contributed by atoms with van der Waals surface area (Å²) < 4.78 is 31.5. The van der Waals surface area contributed by atoms with E-state index in [0.29, 0.717) is 19.6 Å². The normalized spacial score (nSPS) is 30.2. The summed E-state index contributed by atoms with van der Waals surface area (Å²) in [5, 5.41) is 2.50. The maximum Gasteiger partial charge on any atom is 0.218 e. The third-order valence-corrected chi connectivity index (χ3v) is 4.95. The lowest BCUT2D eigenvalue weighted by atomic mass is 10.3. The first-order chi connectivity index (χ1) is 7.37. The fourth-order valence-corrected chi connectivity index (χ4v) is 3.71. The number of nitrogens with one attached hydrogen (secondary N) is 1. The Morgan fingerprint density at radius 2 is 1.88 bits per heavy atom. The maximum atomic E-state index is 12.2. The zero-order chi connectivity index (χ0) is 12.3. The van der Waals surface area contributed by atoms with Crippen LogP contribution in [0.5, 0.6) is 0 Å². The summed E-state index contributed by atoms with van der Waals surface area (Å²) >= 11 is 0. The fourth-order valence-electron chi connectivity index (χ4n) is 1.99. The highest BCUT2D eigenvalue weighted by Gasteiger charge is 2.34. The van der Waals surface area contributed by atoms with E-state index in [1.807, 2.05) is 13.8 Å². The minimum absolute atomic E-state index is 0.0275. The Morgan fingerprint density at radius 1 is 1.38 bits per heavy atom. The van der Waals surface area contributed by atoms with Gasteiger partial charge in [-0.1, -0.05) is 0 Å². The fraction of sp³-hybridized carbons (Fsp3) is 1.00. The molecule has 1 rings (SSSR count). The molecule has 0 amide bonds. The van der Waals surface area contributed by atoms with Gasteiger partial charge in [0.05, 0.1) is 17.5 Å². The molecule has 1 aliphatic heterocycles. The molecular weight excluding hydrogens is 228 g/mol. The average Bonchev–Trinajstić information content (AvgIpc) is 2.16. The van der Waals surface area contributed by atoms with Crippen LogP contribution in [-0.2, 0) is 14.8 Å². The summed E-state index contributed by atoms with van der Waals surface area (Å²) in [6, 6.07) is 0. The Balaban J connectivity index is 2.75. The van der Waals surface area contributed by atoms with Crippen molar-refractivity contribution in [2.45, 2.75) is 38.2 Å². The monoisotopic (exact) mass is 250 g/mol. The van der Waals surface area contributed by atoms with Crippen molar-refractivity contribution in [1.82, 2.24) is 9.62 Å². The van der Waals surface area contributed by atoms with Crippen LogP contribution in [0.1, 0.15) is 20.8 Å². The van der Waals surface area contributed by atoms with Crippen molar-refractivity contribution >= 4 is 10.0 Å². The second-order valence-corrected chi connectivity index (χ2v) is 6.84. The molecular formula is C10H22N2O3S. The van der Waals surface area contributed by atoms with E-state index in [9.17, 15) is 8.42 Å². The van der Waals surface area contributed by atoms with Gasteiger partial charge in [0.2, 0.25) is 10.0 Å². The molecule has 0 aromatic rings. The molecule has 1 aliphatic rings. The van der Waals surface area contributed by atoms with Crippen molar-refractivity contribution in [2.75, 3.05) is 26.7 Å². The number of hydrogen-bond donors (Lipinski definition) is 1. The predicted octanol–water partition coefficient (Wildman–Crippen LogP) is 0.0333. The van der Waals surface area contributed by atoms with Gasteiger partial charge in [-0.15, -0.1) is 0 Å². The van der Waals surface area contributed by atoms with Crippen LogP contribution >= 0.6 is 0 Å². The van der Waals surface area contributed by atoms with Crippen molar-refractivity contribution in [3.63, 3.8) is 0 Å². The molecule has 0 radical (unpaired) electrons. The van der Waals surface area contributed by atoms with E-state index in [4.69, 9.17) is 4.74 Å². The molecule has 6 heteroatoms. The van der Waals surface area contributed by atoms with Gasteiger partial charge in [-0.2, -0.15) is 4.31 Å². The first-order valence-electron chi connectivity index (χ1n) is 5.67. The predicted molar refractivity (Wildman–Crippen MR) is 63.9 cm³/mol. The topological polar surface area (TPSA) is 58.6 Å². The van der Waals surface area contributed by atoms with E-state index in [1.165, 1.54) is 0 Å². The van der Waals surface area contributed by atoms with Crippen LogP contribution < -0.4 is 5.32 Å². The number of rotatable bonds is 4. The van der Waals surface area contributed by atoms with Gasteiger partial charge in [-0.3, -0.25) is 0 Å². The third kappa shape index (κ3) is 3.16. The van der Waals surface area contributed by atoms with E-state index in [1.54, 1.807) is 18.3 Å². The summed E-state index contributed by atoms with van der Waals surface area (Å²) in [7, 11) is -1.44. The van der Waals surface area contributed by atoms with Crippen LogP contribution in [0.2, 0.25) is 0 Å². The van der Waals surface area contributed by atoms with Crippen molar-refractivity contribution in [2.24, 2.45) is 0 Å². The van der Waals surface area contributed by atoms with E-state index < -0.39 is 15.3 Å². The minimum atomic E-state index is -3.20. The van der Waals surface area contributed by atoms with E-state index in [-0.39, 0.29) is 12.2 Å². The molecule has 1 unspecified atom stereocenters. The molecule has 3 atom stereocenters. The number of morpholine rings is 1. The van der Waals surface area contributed by atoms with Crippen LogP contribution in [0, 0.1) is 0 Å². The average molecular weight is 250 g/mol. The Kier molecular flexibility index (Phi) is 4.73. The zero-order valence-corrected chi connectivity index (χ0v) is 11.3. The number of nitrogens with zero attached hydrogens (tertiary/aromatic N) is 1. The van der Waals surface area contributed by atoms with Crippen LogP contribution in [0.3, 0.4) is 0 Å². The first-order valence-corrected chi connectivity index (χ1v) is 7.17. The minimum Gasteiger partial charge on any atom is -0.373 e. The number of ether oxygens (including phenoxy) is 1. The summed E-state index contributed by atoms with van der Waals surface area (Å²) in [5.41, 5.74) is 0. The lowest BCUT2D eigenvalue weighted by Gasteiger charge is -2.35. The van der Waals surface area contributed by atoms with Crippen molar-refractivity contribution < 1.29 is 13.2 Å². The Labute approximate surface area is 98.2 Å². The molecule has 0 saturated carbocycles. The highest BCUT2D eigenvalue weighted by atomic mass is 32.2. The molecule has 1 saturated heterocycles.